The average Bonchev–Trinajstić information content (AvgIpc) is 2.88. The van der Waals surface area contributed by atoms with E-state index in [2.05, 4.69) is 63.0 Å². The molecule has 0 saturated carbocycles. The highest BCUT2D eigenvalue weighted by atomic mass is 16.5. The molecule has 0 radical (unpaired) electrons. The fourth-order valence-electron chi connectivity index (χ4n) is 2.31. The highest BCUT2D eigenvalue weighted by Gasteiger charge is 2.14. The van der Waals surface area contributed by atoms with Crippen LogP contribution in [0.2, 0.25) is 0 Å². The lowest BCUT2D eigenvalue weighted by Crippen LogP contribution is -2.35. The van der Waals surface area contributed by atoms with Crippen LogP contribution in [0.4, 0.5) is 0 Å². The molecule has 0 amide bonds. The summed E-state index contributed by atoms with van der Waals surface area (Å²) < 4.78 is 5.48. The summed E-state index contributed by atoms with van der Waals surface area (Å²) in [5.74, 6) is 1.74. The summed E-state index contributed by atoms with van der Waals surface area (Å²) in [6.45, 7) is 17.0. The second kappa shape index (κ2) is 8.54. The molecule has 0 fully saturated rings. The standard InChI is InChI=1S/C17H33N3O/c1-7-14(8-2)12-20(9-3)13-16-10-15(19-21-16)11-18-17(4,5)6/h10,14,18H,7-9,11-13H2,1-6H3. The Morgan fingerprint density at radius 2 is 1.90 bits per heavy atom. The molecular weight excluding hydrogens is 262 g/mol. The van der Waals surface area contributed by atoms with E-state index in [1.54, 1.807) is 0 Å². The smallest absolute Gasteiger partial charge is 0.151 e. The van der Waals surface area contributed by atoms with E-state index in [1.807, 2.05) is 0 Å². The average molecular weight is 295 g/mol. The summed E-state index contributed by atoms with van der Waals surface area (Å²) in [6, 6.07) is 2.08. The van der Waals surface area contributed by atoms with Gasteiger partial charge in [-0.25, -0.2) is 0 Å². The first-order chi connectivity index (χ1) is 9.87. The van der Waals surface area contributed by atoms with Crippen molar-refractivity contribution in [1.82, 2.24) is 15.4 Å². The molecule has 0 atom stereocenters. The summed E-state index contributed by atoms with van der Waals surface area (Å²) in [5, 5.41) is 7.60. The fourth-order valence-corrected chi connectivity index (χ4v) is 2.31. The van der Waals surface area contributed by atoms with Crippen LogP contribution < -0.4 is 5.32 Å². The fraction of sp³-hybridized carbons (Fsp3) is 0.824. The predicted molar refractivity (Wildman–Crippen MR) is 88.1 cm³/mol. The van der Waals surface area contributed by atoms with E-state index in [4.69, 9.17) is 4.52 Å². The van der Waals surface area contributed by atoms with Crippen LogP contribution in [0.15, 0.2) is 10.6 Å². The largest absolute Gasteiger partial charge is 0.360 e. The maximum absolute atomic E-state index is 5.48. The zero-order valence-corrected chi connectivity index (χ0v) is 14.7. The minimum absolute atomic E-state index is 0.101. The lowest BCUT2D eigenvalue weighted by atomic mass is 10.0. The van der Waals surface area contributed by atoms with E-state index in [9.17, 15) is 0 Å². The normalized spacial score (nSPS) is 12.6. The van der Waals surface area contributed by atoms with Crippen molar-refractivity contribution in [3.63, 3.8) is 0 Å². The van der Waals surface area contributed by atoms with Crippen LogP contribution in [0.25, 0.3) is 0 Å². The van der Waals surface area contributed by atoms with E-state index in [-0.39, 0.29) is 5.54 Å². The van der Waals surface area contributed by atoms with E-state index in [1.165, 1.54) is 12.8 Å². The molecule has 4 nitrogen and oxygen atoms in total. The summed E-state index contributed by atoms with van der Waals surface area (Å²) in [6.07, 6.45) is 2.48. The Morgan fingerprint density at radius 3 is 2.43 bits per heavy atom. The quantitative estimate of drug-likeness (QED) is 0.752. The highest BCUT2D eigenvalue weighted by Crippen LogP contribution is 2.14. The molecule has 122 valence electrons. The number of hydrogen-bond donors (Lipinski definition) is 1. The Hall–Kier alpha value is -0.870. The molecule has 0 aliphatic heterocycles. The number of aromatic nitrogens is 1. The third-order valence-electron chi connectivity index (χ3n) is 3.91. The molecule has 1 N–H and O–H groups in total. The van der Waals surface area contributed by atoms with Crippen molar-refractivity contribution in [3.05, 3.63) is 17.5 Å². The van der Waals surface area contributed by atoms with Gasteiger partial charge in [-0.2, -0.15) is 0 Å². The summed E-state index contributed by atoms with van der Waals surface area (Å²) >= 11 is 0. The monoisotopic (exact) mass is 295 g/mol. The Bertz CT molecular complexity index is 391. The van der Waals surface area contributed by atoms with Gasteiger partial charge < -0.3 is 9.84 Å². The maximum atomic E-state index is 5.48. The lowest BCUT2D eigenvalue weighted by Gasteiger charge is -2.23. The molecule has 0 bridgehead atoms. The minimum atomic E-state index is 0.101. The van der Waals surface area contributed by atoms with Gasteiger partial charge in [-0.15, -0.1) is 0 Å². The molecule has 1 aromatic rings. The summed E-state index contributed by atoms with van der Waals surface area (Å²) in [5.41, 5.74) is 1.09. The molecule has 0 aromatic carbocycles. The van der Waals surface area contributed by atoms with Gasteiger partial charge in [0.15, 0.2) is 5.76 Å². The minimum Gasteiger partial charge on any atom is -0.360 e. The molecular formula is C17H33N3O. The zero-order valence-electron chi connectivity index (χ0n) is 14.7. The second-order valence-electron chi connectivity index (χ2n) is 6.90. The van der Waals surface area contributed by atoms with E-state index in [0.29, 0.717) is 0 Å². The Balaban J connectivity index is 2.51. The SMILES string of the molecule is CCC(CC)CN(CC)Cc1cc(CNC(C)(C)C)no1. The van der Waals surface area contributed by atoms with Crippen molar-refractivity contribution in [2.45, 2.75) is 73.0 Å². The van der Waals surface area contributed by atoms with Crippen molar-refractivity contribution in [2.24, 2.45) is 5.92 Å². The van der Waals surface area contributed by atoms with E-state index in [0.717, 1.165) is 43.6 Å². The lowest BCUT2D eigenvalue weighted by molar-refractivity contribution is 0.202. The Morgan fingerprint density at radius 1 is 1.24 bits per heavy atom. The first-order valence-electron chi connectivity index (χ1n) is 8.29. The summed E-state index contributed by atoms with van der Waals surface area (Å²) in [4.78, 5) is 2.44. The van der Waals surface area contributed by atoms with Crippen molar-refractivity contribution in [3.8, 4) is 0 Å². The van der Waals surface area contributed by atoms with Crippen LogP contribution in [0.5, 0.6) is 0 Å². The summed E-state index contributed by atoms with van der Waals surface area (Å²) in [7, 11) is 0. The molecule has 0 unspecified atom stereocenters. The van der Waals surface area contributed by atoms with Crippen LogP contribution in [0, 0.1) is 5.92 Å². The van der Waals surface area contributed by atoms with Gasteiger partial charge in [-0.05, 0) is 33.2 Å². The van der Waals surface area contributed by atoms with Crippen molar-refractivity contribution >= 4 is 0 Å². The van der Waals surface area contributed by atoms with Crippen LogP contribution >= 0.6 is 0 Å². The molecule has 21 heavy (non-hydrogen) atoms. The van der Waals surface area contributed by atoms with Crippen LogP contribution in [-0.2, 0) is 13.1 Å². The van der Waals surface area contributed by atoms with Gasteiger partial charge in [0, 0.05) is 24.7 Å². The second-order valence-corrected chi connectivity index (χ2v) is 6.90. The first kappa shape index (κ1) is 18.2. The number of rotatable bonds is 9. The molecule has 0 aliphatic rings. The predicted octanol–water partition coefficient (Wildman–Crippen LogP) is 3.82. The zero-order chi connectivity index (χ0) is 15.9. The van der Waals surface area contributed by atoms with Gasteiger partial charge >= 0.3 is 0 Å². The Kier molecular flexibility index (Phi) is 7.40. The molecule has 1 rings (SSSR count). The maximum Gasteiger partial charge on any atom is 0.151 e. The van der Waals surface area contributed by atoms with Crippen molar-refractivity contribution in [1.29, 1.82) is 0 Å². The van der Waals surface area contributed by atoms with Gasteiger partial charge in [0.1, 0.15) is 0 Å². The first-order valence-corrected chi connectivity index (χ1v) is 8.29. The van der Waals surface area contributed by atoms with Crippen molar-refractivity contribution in [2.75, 3.05) is 13.1 Å². The topological polar surface area (TPSA) is 41.3 Å². The van der Waals surface area contributed by atoms with Gasteiger partial charge in [-0.1, -0.05) is 38.8 Å². The number of nitrogens with one attached hydrogen (secondary N) is 1. The third-order valence-corrected chi connectivity index (χ3v) is 3.91. The molecule has 1 heterocycles. The van der Waals surface area contributed by atoms with Crippen LogP contribution in [-0.4, -0.2) is 28.7 Å². The van der Waals surface area contributed by atoms with E-state index >= 15 is 0 Å². The van der Waals surface area contributed by atoms with Gasteiger partial charge in [0.05, 0.1) is 12.2 Å². The van der Waals surface area contributed by atoms with Gasteiger partial charge in [0.2, 0.25) is 0 Å². The van der Waals surface area contributed by atoms with Crippen LogP contribution in [0.1, 0.15) is 65.8 Å². The number of nitrogens with zero attached hydrogens (tertiary/aromatic N) is 2. The third kappa shape index (κ3) is 7.09. The van der Waals surface area contributed by atoms with Gasteiger partial charge in [-0.3, -0.25) is 4.90 Å². The highest BCUT2D eigenvalue weighted by molar-refractivity contribution is 5.05. The van der Waals surface area contributed by atoms with Crippen molar-refractivity contribution < 1.29 is 4.52 Å². The van der Waals surface area contributed by atoms with E-state index < -0.39 is 0 Å². The molecule has 1 aromatic heterocycles. The molecule has 4 heteroatoms. The van der Waals surface area contributed by atoms with Gasteiger partial charge in [0.25, 0.3) is 0 Å². The molecule has 0 aliphatic carbocycles. The number of hydrogen-bond acceptors (Lipinski definition) is 4. The molecule has 0 saturated heterocycles. The molecule has 0 spiro atoms. The van der Waals surface area contributed by atoms with Crippen LogP contribution in [0.3, 0.4) is 0 Å². The Labute approximate surface area is 130 Å².